The van der Waals surface area contributed by atoms with E-state index in [1.165, 1.54) is 5.56 Å². The van der Waals surface area contributed by atoms with Crippen molar-refractivity contribution in [3.63, 3.8) is 0 Å². The molecule has 108 valence electrons. The molecule has 0 saturated carbocycles. The fourth-order valence-corrected chi connectivity index (χ4v) is 3.65. The second kappa shape index (κ2) is 7.65. The van der Waals surface area contributed by atoms with Crippen molar-refractivity contribution in [3.05, 3.63) is 35.4 Å². The second-order valence-corrected chi connectivity index (χ2v) is 7.26. The molecule has 19 heavy (non-hydrogen) atoms. The summed E-state index contributed by atoms with van der Waals surface area (Å²) >= 11 is 0. The van der Waals surface area contributed by atoms with Gasteiger partial charge in [0.1, 0.15) is 0 Å². The lowest BCUT2D eigenvalue weighted by atomic mass is 10.1. The van der Waals surface area contributed by atoms with E-state index in [2.05, 4.69) is 12.2 Å². The Bertz CT molecular complexity index is 465. The van der Waals surface area contributed by atoms with E-state index in [4.69, 9.17) is 0 Å². The summed E-state index contributed by atoms with van der Waals surface area (Å²) in [6.45, 7) is 6.85. The van der Waals surface area contributed by atoms with Gasteiger partial charge in [-0.15, -0.1) is 0 Å². The molecule has 0 fully saturated rings. The van der Waals surface area contributed by atoms with Crippen LogP contribution in [0.5, 0.6) is 0 Å². The number of rotatable bonds is 8. The fourth-order valence-electron chi connectivity index (χ4n) is 2.04. The van der Waals surface area contributed by atoms with E-state index in [9.17, 15) is 8.42 Å². The van der Waals surface area contributed by atoms with Gasteiger partial charge < -0.3 is 5.32 Å². The highest BCUT2D eigenvalue weighted by molar-refractivity contribution is 7.91. The molecule has 0 heterocycles. The number of benzene rings is 1. The van der Waals surface area contributed by atoms with Crippen LogP contribution in [-0.2, 0) is 9.84 Å². The summed E-state index contributed by atoms with van der Waals surface area (Å²) < 4.78 is 24.0. The van der Waals surface area contributed by atoms with Crippen molar-refractivity contribution in [1.82, 2.24) is 5.32 Å². The molecule has 3 nitrogen and oxygen atoms in total. The summed E-state index contributed by atoms with van der Waals surface area (Å²) in [6.07, 6.45) is 1.67. The first-order valence-corrected chi connectivity index (χ1v) is 8.81. The van der Waals surface area contributed by atoms with Gasteiger partial charge in [0.15, 0.2) is 9.84 Å². The molecule has 0 saturated heterocycles. The summed E-state index contributed by atoms with van der Waals surface area (Å²) in [4.78, 5) is 0. The Morgan fingerprint density at radius 3 is 2.26 bits per heavy atom. The zero-order valence-corrected chi connectivity index (χ0v) is 13.0. The van der Waals surface area contributed by atoms with Crippen LogP contribution >= 0.6 is 0 Å². The number of sulfone groups is 1. The van der Waals surface area contributed by atoms with Crippen molar-refractivity contribution in [1.29, 1.82) is 0 Å². The summed E-state index contributed by atoms with van der Waals surface area (Å²) in [5.74, 6) is 0.451. The lowest BCUT2D eigenvalue weighted by Gasteiger charge is -2.19. The van der Waals surface area contributed by atoms with E-state index in [0.29, 0.717) is 6.42 Å². The highest BCUT2D eigenvalue weighted by Gasteiger charge is 2.19. The Morgan fingerprint density at radius 1 is 1.11 bits per heavy atom. The van der Waals surface area contributed by atoms with Crippen LogP contribution < -0.4 is 5.32 Å². The fraction of sp³-hybridized carbons (Fsp3) is 0.600. The molecule has 0 aliphatic carbocycles. The lowest BCUT2D eigenvalue weighted by molar-refractivity contribution is 0.545. The maximum atomic E-state index is 12.0. The van der Waals surface area contributed by atoms with Gasteiger partial charge in [-0.25, -0.2) is 8.42 Å². The predicted molar refractivity (Wildman–Crippen MR) is 81.2 cm³/mol. The second-order valence-electron chi connectivity index (χ2n) is 5.03. The molecular formula is C15H25NO2S. The molecule has 1 N–H and O–H groups in total. The van der Waals surface area contributed by atoms with Gasteiger partial charge in [0.2, 0.25) is 0 Å². The van der Waals surface area contributed by atoms with Crippen LogP contribution in [0.3, 0.4) is 0 Å². The van der Waals surface area contributed by atoms with Crippen molar-refractivity contribution in [2.45, 2.75) is 39.7 Å². The Balaban J connectivity index is 2.85. The minimum Gasteiger partial charge on any atom is -0.309 e. The van der Waals surface area contributed by atoms with E-state index >= 15 is 0 Å². The average molecular weight is 283 g/mol. The van der Waals surface area contributed by atoms with Crippen LogP contribution in [-0.4, -0.2) is 26.5 Å². The van der Waals surface area contributed by atoms with Crippen molar-refractivity contribution < 1.29 is 8.42 Å². The molecule has 1 aromatic rings. The summed E-state index contributed by atoms with van der Waals surface area (Å²) in [7, 11) is -2.98. The first-order valence-electron chi connectivity index (χ1n) is 6.99. The van der Waals surface area contributed by atoms with E-state index in [0.717, 1.165) is 18.5 Å². The van der Waals surface area contributed by atoms with Crippen LogP contribution in [0.4, 0.5) is 0 Å². The van der Waals surface area contributed by atoms with E-state index < -0.39 is 9.84 Å². The molecule has 1 aromatic carbocycles. The molecule has 0 radical (unpaired) electrons. The first kappa shape index (κ1) is 16.2. The standard InChI is InChI=1S/C15H25NO2S/c1-4-10-16-15(12-19(17,18)11-5-2)14-8-6-13(3)7-9-14/h6-9,15-16H,4-5,10-12H2,1-3H3. The maximum absolute atomic E-state index is 12.0. The van der Waals surface area contributed by atoms with Gasteiger partial charge >= 0.3 is 0 Å². The molecule has 0 amide bonds. The normalized spacial score (nSPS) is 13.4. The number of hydrogen-bond donors (Lipinski definition) is 1. The predicted octanol–water partition coefficient (Wildman–Crippen LogP) is 2.86. The molecule has 0 spiro atoms. The Labute approximate surface area is 117 Å². The highest BCUT2D eigenvalue weighted by atomic mass is 32.2. The number of aryl methyl sites for hydroxylation is 1. The monoisotopic (exact) mass is 283 g/mol. The zero-order chi connectivity index (χ0) is 14.3. The minimum atomic E-state index is -2.98. The topological polar surface area (TPSA) is 46.2 Å². The molecule has 0 aliphatic heterocycles. The van der Waals surface area contributed by atoms with Gasteiger partial charge in [-0.05, 0) is 31.9 Å². The van der Waals surface area contributed by atoms with Crippen LogP contribution in [0.2, 0.25) is 0 Å². The molecule has 0 aliphatic rings. The molecule has 0 aromatic heterocycles. The highest BCUT2D eigenvalue weighted by Crippen LogP contribution is 2.17. The average Bonchev–Trinajstić information content (AvgIpc) is 2.35. The van der Waals surface area contributed by atoms with Gasteiger partial charge in [0.25, 0.3) is 0 Å². The van der Waals surface area contributed by atoms with E-state index in [1.54, 1.807) is 0 Å². The third-order valence-electron chi connectivity index (χ3n) is 3.06. The molecule has 1 rings (SSSR count). The third-order valence-corrected chi connectivity index (χ3v) is 4.93. The number of hydrogen-bond acceptors (Lipinski definition) is 3. The first-order chi connectivity index (χ1) is 8.98. The smallest absolute Gasteiger partial charge is 0.152 e. The largest absolute Gasteiger partial charge is 0.309 e. The van der Waals surface area contributed by atoms with Crippen molar-refractivity contribution >= 4 is 9.84 Å². The zero-order valence-electron chi connectivity index (χ0n) is 12.1. The van der Waals surface area contributed by atoms with Crippen LogP contribution in [0.15, 0.2) is 24.3 Å². The lowest BCUT2D eigenvalue weighted by Crippen LogP contribution is -2.29. The summed E-state index contributed by atoms with van der Waals surface area (Å²) in [5.41, 5.74) is 2.24. The van der Waals surface area contributed by atoms with Crippen LogP contribution in [0.1, 0.15) is 43.9 Å². The van der Waals surface area contributed by atoms with Crippen molar-refractivity contribution in [2.24, 2.45) is 0 Å². The summed E-state index contributed by atoms with van der Waals surface area (Å²) in [6, 6.07) is 8.00. The molecule has 1 unspecified atom stereocenters. The van der Waals surface area contributed by atoms with Gasteiger partial charge in [-0.2, -0.15) is 0 Å². The Hall–Kier alpha value is -0.870. The SMILES string of the molecule is CCCNC(CS(=O)(=O)CCC)c1ccc(C)cc1. The third kappa shape index (κ3) is 5.74. The van der Waals surface area contributed by atoms with Gasteiger partial charge in [-0.3, -0.25) is 0 Å². The Kier molecular flexibility index (Phi) is 6.52. The molecular weight excluding hydrogens is 258 g/mol. The van der Waals surface area contributed by atoms with Crippen LogP contribution in [0, 0.1) is 6.92 Å². The van der Waals surface area contributed by atoms with E-state index in [-0.39, 0.29) is 17.5 Å². The minimum absolute atomic E-state index is 0.0999. The van der Waals surface area contributed by atoms with Crippen LogP contribution in [0.25, 0.3) is 0 Å². The number of nitrogens with one attached hydrogen (secondary N) is 1. The molecule has 1 atom stereocenters. The van der Waals surface area contributed by atoms with Gasteiger partial charge in [0.05, 0.1) is 5.75 Å². The maximum Gasteiger partial charge on any atom is 0.152 e. The van der Waals surface area contributed by atoms with Gasteiger partial charge in [0, 0.05) is 11.8 Å². The Morgan fingerprint density at radius 2 is 1.74 bits per heavy atom. The van der Waals surface area contributed by atoms with Gasteiger partial charge in [-0.1, -0.05) is 43.7 Å². The summed E-state index contributed by atoms with van der Waals surface area (Å²) in [5, 5.41) is 3.34. The quantitative estimate of drug-likeness (QED) is 0.798. The molecule has 0 bridgehead atoms. The van der Waals surface area contributed by atoms with Crippen molar-refractivity contribution in [3.8, 4) is 0 Å². The van der Waals surface area contributed by atoms with E-state index in [1.807, 2.05) is 38.1 Å². The van der Waals surface area contributed by atoms with Crippen molar-refractivity contribution in [2.75, 3.05) is 18.1 Å². The molecule has 4 heteroatoms.